The molecule has 23 heavy (non-hydrogen) atoms. The molecular weight excluding hydrogens is 334 g/mol. The third-order valence-electron chi connectivity index (χ3n) is 3.98. The van der Waals surface area contributed by atoms with E-state index in [9.17, 15) is 8.42 Å². The van der Waals surface area contributed by atoms with Crippen molar-refractivity contribution in [1.29, 1.82) is 0 Å². The number of benzene rings is 2. The van der Waals surface area contributed by atoms with E-state index in [0.29, 0.717) is 29.6 Å². The molecule has 0 spiro atoms. The molecule has 1 aliphatic heterocycles. The molecule has 122 valence electrons. The van der Waals surface area contributed by atoms with Crippen molar-refractivity contribution in [3.63, 3.8) is 0 Å². The highest BCUT2D eigenvalue weighted by Gasteiger charge is 2.32. The molecule has 1 heterocycles. The van der Waals surface area contributed by atoms with Gasteiger partial charge in [-0.3, -0.25) is 0 Å². The Balaban J connectivity index is 1.86. The summed E-state index contributed by atoms with van der Waals surface area (Å²) in [7, 11) is -3.51. The van der Waals surface area contributed by atoms with Gasteiger partial charge in [-0.25, -0.2) is 8.42 Å². The van der Waals surface area contributed by atoms with E-state index in [-0.39, 0.29) is 6.10 Å². The Kier molecular flexibility index (Phi) is 4.73. The van der Waals surface area contributed by atoms with Crippen molar-refractivity contribution in [3.05, 3.63) is 64.7 Å². The normalized spacial score (nSPS) is 19.7. The number of morpholine rings is 1. The van der Waals surface area contributed by atoms with Crippen LogP contribution in [0.5, 0.6) is 0 Å². The average Bonchev–Trinajstić information content (AvgIpc) is 2.56. The van der Waals surface area contributed by atoms with Gasteiger partial charge in [0.25, 0.3) is 0 Å². The summed E-state index contributed by atoms with van der Waals surface area (Å²) < 4.78 is 33.0. The van der Waals surface area contributed by atoms with Crippen molar-refractivity contribution >= 4 is 21.6 Å². The molecule has 6 heteroatoms. The summed E-state index contributed by atoms with van der Waals surface area (Å²) in [6.07, 6.45) is -0.278. The van der Waals surface area contributed by atoms with Crippen LogP contribution in [0.2, 0.25) is 5.02 Å². The molecule has 1 unspecified atom stereocenters. The Morgan fingerprint density at radius 3 is 2.52 bits per heavy atom. The van der Waals surface area contributed by atoms with E-state index < -0.39 is 10.0 Å². The summed E-state index contributed by atoms with van der Waals surface area (Å²) in [6.45, 7) is 2.85. The molecule has 1 atom stereocenters. The Bertz CT molecular complexity index is 790. The van der Waals surface area contributed by atoms with Crippen LogP contribution < -0.4 is 0 Å². The van der Waals surface area contributed by atoms with Crippen LogP contribution in [0.1, 0.15) is 17.2 Å². The van der Waals surface area contributed by atoms with E-state index in [2.05, 4.69) is 0 Å². The Hall–Kier alpha value is -1.40. The SMILES string of the molecule is Cc1ccccc1S(=O)(=O)N1CCOC(c2ccc(Cl)cc2)C1. The van der Waals surface area contributed by atoms with Gasteiger partial charge in [-0.1, -0.05) is 41.9 Å². The lowest BCUT2D eigenvalue weighted by atomic mass is 10.1. The van der Waals surface area contributed by atoms with Gasteiger partial charge in [-0.2, -0.15) is 4.31 Å². The maximum atomic E-state index is 12.9. The first kappa shape index (κ1) is 16.5. The minimum absolute atomic E-state index is 0.278. The zero-order chi connectivity index (χ0) is 16.4. The Morgan fingerprint density at radius 1 is 1.13 bits per heavy atom. The predicted octanol–water partition coefficient (Wildman–Crippen LogP) is 3.41. The van der Waals surface area contributed by atoms with E-state index in [1.165, 1.54) is 4.31 Å². The minimum Gasteiger partial charge on any atom is -0.371 e. The summed E-state index contributed by atoms with van der Waals surface area (Å²) in [6, 6.07) is 14.4. The molecule has 0 aromatic heterocycles. The van der Waals surface area contributed by atoms with Crippen LogP contribution in [-0.4, -0.2) is 32.4 Å². The number of aryl methyl sites for hydroxylation is 1. The van der Waals surface area contributed by atoms with E-state index in [1.807, 2.05) is 31.2 Å². The van der Waals surface area contributed by atoms with Crippen LogP contribution in [0, 0.1) is 6.92 Å². The van der Waals surface area contributed by atoms with Gasteiger partial charge in [0.05, 0.1) is 17.6 Å². The molecule has 0 amide bonds. The third-order valence-corrected chi connectivity index (χ3v) is 6.26. The highest BCUT2D eigenvalue weighted by molar-refractivity contribution is 7.89. The molecule has 2 aromatic carbocycles. The summed E-state index contributed by atoms with van der Waals surface area (Å²) in [5.74, 6) is 0. The fraction of sp³-hybridized carbons (Fsp3) is 0.294. The minimum atomic E-state index is -3.51. The lowest BCUT2D eigenvalue weighted by Crippen LogP contribution is -2.42. The zero-order valence-electron chi connectivity index (χ0n) is 12.8. The first-order chi connectivity index (χ1) is 11.0. The van der Waals surface area contributed by atoms with Gasteiger partial charge in [-0.15, -0.1) is 0 Å². The van der Waals surface area contributed by atoms with E-state index in [4.69, 9.17) is 16.3 Å². The highest BCUT2D eigenvalue weighted by Crippen LogP contribution is 2.28. The number of ether oxygens (including phenoxy) is 1. The van der Waals surface area contributed by atoms with Crippen LogP contribution >= 0.6 is 11.6 Å². The molecule has 0 aliphatic carbocycles. The summed E-state index contributed by atoms with van der Waals surface area (Å²) >= 11 is 5.90. The lowest BCUT2D eigenvalue weighted by molar-refractivity contribution is -0.00256. The van der Waals surface area contributed by atoms with Crippen LogP contribution in [0.3, 0.4) is 0 Å². The number of rotatable bonds is 3. The molecular formula is C17H18ClNO3S. The first-order valence-electron chi connectivity index (χ1n) is 7.41. The van der Waals surface area contributed by atoms with Gasteiger partial charge in [0, 0.05) is 18.1 Å². The van der Waals surface area contributed by atoms with Gasteiger partial charge in [0.2, 0.25) is 10.0 Å². The van der Waals surface area contributed by atoms with Gasteiger partial charge in [0.1, 0.15) is 0 Å². The van der Waals surface area contributed by atoms with Crippen molar-refractivity contribution in [2.75, 3.05) is 19.7 Å². The predicted molar refractivity (Wildman–Crippen MR) is 90.1 cm³/mol. The van der Waals surface area contributed by atoms with Crippen molar-refractivity contribution in [3.8, 4) is 0 Å². The van der Waals surface area contributed by atoms with Gasteiger partial charge >= 0.3 is 0 Å². The number of sulfonamides is 1. The molecule has 0 bridgehead atoms. The van der Waals surface area contributed by atoms with Crippen LogP contribution in [-0.2, 0) is 14.8 Å². The van der Waals surface area contributed by atoms with Crippen molar-refractivity contribution in [1.82, 2.24) is 4.31 Å². The van der Waals surface area contributed by atoms with Gasteiger partial charge in [-0.05, 0) is 36.2 Å². The Morgan fingerprint density at radius 2 is 1.83 bits per heavy atom. The number of halogens is 1. The molecule has 0 radical (unpaired) electrons. The second-order valence-electron chi connectivity index (χ2n) is 5.54. The maximum absolute atomic E-state index is 12.9. The molecule has 0 N–H and O–H groups in total. The van der Waals surface area contributed by atoms with E-state index >= 15 is 0 Å². The van der Waals surface area contributed by atoms with Crippen LogP contribution in [0.15, 0.2) is 53.4 Å². The smallest absolute Gasteiger partial charge is 0.243 e. The van der Waals surface area contributed by atoms with Gasteiger partial charge < -0.3 is 4.74 Å². The number of hydrogen-bond donors (Lipinski definition) is 0. The number of hydrogen-bond acceptors (Lipinski definition) is 3. The summed E-state index contributed by atoms with van der Waals surface area (Å²) in [5, 5.41) is 0.647. The molecule has 1 fully saturated rings. The number of nitrogens with zero attached hydrogens (tertiary/aromatic N) is 1. The standard InChI is InChI=1S/C17H18ClNO3S/c1-13-4-2-3-5-17(13)23(20,21)19-10-11-22-16(12-19)14-6-8-15(18)9-7-14/h2-9,16H,10-12H2,1H3. The first-order valence-corrected chi connectivity index (χ1v) is 9.23. The molecule has 4 nitrogen and oxygen atoms in total. The lowest BCUT2D eigenvalue weighted by Gasteiger charge is -2.32. The fourth-order valence-corrected chi connectivity index (χ4v) is 4.48. The van der Waals surface area contributed by atoms with Crippen LogP contribution in [0.25, 0.3) is 0 Å². The second-order valence-corrected chi connectivity index (χ2v) is 7.88. The van der Waals surface area contributed by atoms with Gasteiger partial charge in [0.15, 0.2) is 0 Å². The summed E-state index contributed by atoms with van der Waals surface area (Å²) in [4.78, 5) is 0.358. The monoisotopic (exact) mass is 351 g/mol. The zero-order valence-corrected chi connectivity index (χ0v) is 14.3. The van der Waals surface area contributed by atoms with E-state index in [0.717, 1.165) is 11.1 Å². The molecule has 1 aliphatic rings. The average molecular weight is 352 g/mol. The second kappa shape index (κ2) is 6.61. The van der Waals surface area contributed by atoms with E-state index in [1.54, 1.807) is 24.3 Å². The quantitative estimate of drug-likeness (QED) is 0.851. The Labute approximate surface area is 141 Å². The van der Waals surface area contributed by atoms with Crippen molar-refractivity contribution in [2.24, 2.45) is 0 Å². The highest BCUT2D eigenvalue weighted by atomic mass is 35.5. The topological polar surface area (TPSA) is 46.6 Å². The largest absolute Gasteiger partial charge is 0.371 e. The molecule has 0 saturated carbocycles. The molecule has 2 aromatic rings. The summed E-state index contributed by atoms with van der Waals surface area (Å²) in [5.41, 5.74) is 1.68. The van der Waals surface area contributed by atoms with Crippen molar-refractivity contribution < 1.29 is 13.2 Å². The fourth-order valence-electron chi connectivity index (χ4n) is 2.71. The van der Waals surface area contributed by atoms with Crippen LogP contribution in [0.4, 0.5) is 0 Å². The maximum Gasteiger partial charge on any atom is 0.243 e. The third kappa shape index (κ3) is 3.43. The molecule has 3 rings (SSSR count). The van der Waals surface area contributed by atoms with Crippen molar-refractivity contribution in [2.45, 2.75) is 17.9 Å². The molecule has 1 saturated heterocycles.